The number of aryl methyl sites for hydroxylation is 1. The van der Waals surface area contributed by atoms with Crippen molar-refractivity contribution in [3.63, 3.8) is 0 Å². The van der Waals surface area contributed by atoms with E-state index in [4.69, 9.17) is 0 Å². The fourth-order valence-electron chi connectivity index (χ4n) is 2.00. The van der Waals surface area contributed by atoms with E-state index in [9.17, 15) is 8.78 Å². The highest BCUT2D eigenvalue weighted by Crippen LogP contribution is 2.23. The molecule has 108 valence electrons. The summed E-state index contributed by atoms with van der Waals surface area (Å²) < 4.78 is 29.9. The number of nitrogens with zero attached hydrogens (tertiary/aromatic N) is 2. The van der Waals surface area contributed by atoms with Crippen LogP contribution in [0.5, 0.6) is 0 Å². The van der Waals surface area contributed by atoms with Crippen molar-refractivity contribution >= 4 is 15.9 Å². The Morgan fingerprint density at radius 2 is 2.10 bits per heavy atom. The molecule has 20 heavy (non-hydrogen) atoms. The highest BCUT2D eigenvalue weighted by molar-refractivity contribution is 9.10. The van der Waals surface area contributed by atoms with Crippen molar-refractivity contribution in [1.29, 1.82) is 0 Å². The average Bonchev–Trinajstić information content (AvgIpc) is 2.77. The number of aromatic nitrogens is 2. The molecule has 3 nitrogen and oxygen atoms in total. The van der Waals surface area contributed by atoms with Gasteiger partial charge in [0.2, 0.25) is 0 Å². The largest absolute Gasteiger partial charge is 0.326 e. The first-order valence-electron chi connectivity index (χ1n) is 6.38. The van der Waals surface area contributed by atoms with E-state index >= 15 is 0 Å². The van der Waals surface area contributed by atoms with Gasteiger partial charge in [-0.2, -0.15) is 0 Å². The zero-order valence-corrected chi connectivity index (χ0v) is 13.0. The van der Waals surface area contributed by atoms with E-state index in [-0.39, 0.29) is 16.6 Å². The summed E-state index contributed by atoms with van der Waals surface area (Å²) in [6, 6.07) is 2.63. The Morgan fingerprint density at radius 3 is 2.80 bits per heavy atom. The summed E-state index contributed by atoms with van der Waals surface area (Å²) in [5.74, 6) is -0.377. The maximum atomic E-state index is 14.0. The molecule has 0 bridgehead atoms. The fraction of sp³-hybridized carbons (Fsp3) is 0.357. The van der Waals surface area contributed by atoms with Crippen molar-refractivity contribution in [3.8, 4) is 0 Å². The summed E-state index contributed by atoms with van der Waals surface area (Å²) in [4.78, 5) is 4.21. The second-order valence-electron chi connectivity index (χ2n) is 4.48. The van der Waals surface area contributed by atoms with E-state index in [0.717, 1.165) is 18.1 Å². The molecule has 0 radical (unpaired) electrons. The molecule has 0 unspecified atom stereocenters. The van der Waals surface area contributed by atoms with Gasteiger partial charge in [-0.1, -0.05) is 6.92 Å². The third-order valence-corrected chi connectivity index (χ3v) is 3.76. The molecule has 0 saturated heterocycles. The molecule has 1 N–H and O–H groups in total. The van der Waals surface area contributed by atoms with Crippen molar-refractivity contribution in [3.05, 3.63) is 51.5 Å². The summed E-state index contributed by atoms with van der Waals surface area (Å²) in [5, 5.41) is 3.19. The third kappa shape index (κ3) is 3.07. The minimum absolute atomic E-state index is 0.0400. The van der Waals surface area contributed by atoms with Crippen LogP contribution in [-0.4, -0.2) is 16.1 Å². The Labute approximate surface area is 125 Å². The zero-order chi connectivity index (χ0) is 14.7. The first-order valence-corrected chi connectivity index (χ1v) is 7.18. The highest BCUT2D eigenvalue weighted by atomic mass is 79.9. The predicted molar refractivity (Wildman–Crippen MR) is 77.5 cm³/mol. The van der Waals surface area contributed by atoms with Gasteiger partial charge in [0.1, 0.15) is 17.5 Å². The van der Waals surface area contributed by atoms with Crippen molar-refractivity contribution < 1.29 is 8.78 Å². The Hall–Kier alpha value is -1.27. The van der Waals surface area contributed by atoms with Crippen LogP contribution in [0.15, 0.2) is 22.8 Å². The predicted octanol–water partition coefficient (Wildman–Crippen LogP) is 3.39. The molecule has 0 atom stereocenters. The van der Waals surface area contributed by atoms with Gasteiger partial charge in [0.25, 0.3) is 0 Å². The molecule has 2 rings (SSSR count). The number of benzene rings is 1. The molecule has 0 aliphatic carbocycles. The van der Waals surface area contributed by atoms with Crippen LogP contribution in [0.3, 0.4) is 0 Å². The van der Waals surface area contributed by atoms with Crippen LogP contribution in [-0.2, 0) is 13.1 Å². The van der Waals surface area contributed by atoms with Crippen LogP contribution in [0.2, 0.25) is 0 Å². The standard InChI is InChI=1S/C14H16BrF2N3/c1-3-18-6-10-7-19-9(2)20(10)8-11-13(16)5-4-12(15)14(11)17/h4-5,7,18H,3,6,8H2,1-2H3. The first-order chi connectivity index (χ1) is 9.54. The summed E-state index contributed by atoms with van der Waals surface area (Å²) >= 11 is 3.08. The Morgan fingerprint density at radius 1 is 1.35 bits per heavy atom. The van der Waals surface area contributed by atoms with Gasteiger partial charge in [-0.3, -0.25) is 0 Å². The smallest absolute Gasteiger partial charge is 0.145 e. The van der Waals surface area contributed by atoms with E-state index in [1.165, 1.54) is 12.1 Å². The quantitative estimate of drug-likeness (QED) is 0.843. The average molecular weight is 344 g/mol. The first kappa shape index (κ1) is 15.1. The lowest BCUT2D eigenvalue weighted by molar-refractivity contribution is 0.532. The van der Waals surface area contributed by atoms with Crippen molar-refractivity contribution in [2.24, 2.45) is 0 Å². The molecule has 1 aromatic heterocycles. The van der Waals surface area contributed by atoms with Gasteiger partial charge in [0, 0.05) is 18.3 Å². The van der Waals surface area contributed by atoms with Crippen LogP contribution in [0.1, 0.15) is 24.0 Å². The lowest BCUT2D eigenvalue weighted by atomic mass is 10.2. The molecule has 2 aromatic rings. The van der Waals surface area contributed by atoms with E-state index in [0.29, 0.717) is 6.54 Å². The van der Waals surface area contributed by atoms with Gasteiger partial charge in [-0.15, -0.1) is 0 Å². The third-order valence-electron chi connectivity index (χ3n) is 3.15. The second kappa shape index (κ2) is 6.45. The summed E-state index contributed by atoms with van der Waals surface area (Å²) in [6.45, 7) is 5.40. The van der Waals surface area contributed by atoms with E-state index < -0.39 is 11.6 Å². The van der Waals surface area contributed by atoms with Gasteiger partial charge in [-0.25, -0.2) is 13.8 Å². The van der Waals surface area contributed by atoms with Gasteiger partial charge >= 0.3 is 0 Å². The molecule has 0 amide bonds. The Balaban J connectivity index is 2.35. The molecule has 0 spiro atoms. The summed E-state index contributed by atoms with van der Waals surface area (Å²) in [7, 11) is 0. The van der Waals surface area contributed by atoms with Crippen molar-refractivity contribution in [1.82, 2.24) is 14.9 Å². The minimum atomic E-state index is -0.562. The highest BCUT2D eigenvalue weighted by Gasteiger charge is 2.15. The van der Waals surface area contributed by atoms with Crippen molar-refractivity contribution in [2.45, 2.75) is 26.9 Å². The molecule has 0 saturated carbocycles. The van der Waals surface area contributed by atoms with Crippen LogP contribution in [0.25, 0.3) is 0 Å². The summed E-state index contributed by atoms with van der Waals surface area (Å²) in [5.41, 5.74) is 0.946. The maximum Gasteiger partial charge on any atom is 0.145 e. The topological polar surface area (TPSA) is 29.9 Å². The molecule has 1 aromatic carbocycles. The molecule has 0 aliphatic rings. The SMILES string of the molecule is CCNCc1cnc(C)n1Cc1c(F)ccc(Br)c1F. The number of nitrogens with one attached hydrogen (secondary N) is 1. The van der Waals surface area contributed by atoms with Gasteiger partial charge in [-0.05, 0) is 41.5 Å². The lowest BCUT2D eigenvalue weighted by Crippen LogP contribution is -2.17. The molecule has 1 heterocycles. The maximum absolute atomic E-state index is 14.0. The lowest BCUT2D eigenvalue weighted by Gasteiger charge is -2.13. The van der Waals surface area contributed by atoms with Crippen LogP contribution < -0.4 is 5.32 Å². The number of hydrogen-bond acceptors (Lipinski definition) is 2. The Kier molecular flexibility index (Phi) is 4.88. The van der Waals surface area contributed by atoms with E-state index in [2.05, 4.69) is 26.2 Å². The van der Waals surface area contributed by atoms with Crippen molar-refractivity contribution in [2.75, 3.05) is 6.54 Å². The molecular formula is C14H16BrF2N3. The van der Waals surface area contributed by atoms with E-state index in [1.807, 2.05) is 18.4 Å². The molecular weight excluding hydrogens is 328 g/mol. The molecule has 6 heteroatoms. The van der Waals surface area contributed by atoms with Crippen LogP contribution in [0.4, 0.5) is 8.78 Å². The number of imidazole rings is 1. The van der Waals surface area contributed by atoms with E-state index in [1.54, 1.807) is 6.20 Å². The minimum Gasteiger partial charge on any atom is -0.326 e. The second-order valence-corrected chi connectivity index (χ2v) is 5.34. The summed E-state index contributed by atoms with van der Waals surface area (Å²) in [6.07, 6.45) is 1.73. The van der Waals surface area contributed by atoms with Crippen LogP contribution >= 0.6 is 15.9 Å². The van der Waals surface area contributed by atoms with Gasteiger partial charge in [0.05, 0.1) is 16.7 Å². The normalized spacial score (nSPS) is 11.1. The number of halogens is 3. The monoisotopic (exact) mass is 343 g/mol. The fourth-order valence-corrected chi connectivity index (χ4v) is 2.37. The van der Waals surface area contributed by atoms with Gasteiger partial charge in [0.15, 0.2) is 0 Å². The molecule has 0 aliphatic heterocycles. The van der Waals surface area contributed by atoms with Gasteiger partial charge < -0.3 is 9.88 Å². The zero-order valence-electron chi connectivity index (χ0n) is 11.4. The Bertz CT molecular complexity index is 611. The van der Waals surface area contributed by atoms with Crippen LogP contribution in [0, 0.1) is 18.6 Å². The molecule has 0 fully saturated rings. The number of hydrogen-bond donors (Lipinski definition) is 1. The number of rotatable bonds is 5.